The summed E-state index contributed by atoms with van der Waals surface area (Å²) in [7, 11) is 0. The number of aromatic nitrogens is 3. The molecule has 1 aromatic carbocycles. The Bertz CT molecular complexity index is 1110. The van der Waals surface area contributed by atoms with Crippen molar-refractivity contribution >= 4 is 40.0 Å². The summed E-state index contributed by atoms with van der Waals surface area (Å²) in [5.41, 5.74) is 3.21. The summed E-state index contributed by atoms with van der Waals surface area (Å²) in [5, 5.41) is 4.73. The highest BCUT2D eigenvalue weighted by Crippen LogP contribution is 2.30. The number of hydrogen-bond acceptors (Lipinski definition) is 6. The summed E-state index contributed by atoms with van der Waals surface area (Å²) in [6.07, 6.45) is 1.75. The fraction of sp³-hybridized carbons (Fsp3) is 0.381. The van der Waals surface area contributed by atoms with E-state index in [2.05, 4.69) is 20.2 Å². The second-order valence-electron chi connectivity index (χ2n) is 7.45. The molecule has 0 spiro atoms. The monoisotopic (exact) mass is 413 g/mol. The van der Waals surface area contributed by atoms with E-state index >= 15 is 0 Å². The van der Waals surface area contributed by atoms with E-state index in [1.807, 2.05) is 39.0 Å². The van der Waals surface area contributed by atoms with E-state index in [0.29, 0.717) is 29.8 Å². The second-order valence-corrected chi connectivity index (χ2v) is 7.86. The Kier molecular flexibility index (Phi) is 5.43. The van der Waals surface area contributed by atoms with Crippen LogP contribution >= 0.6 is 11.6 Å². The third-order valence-electron chi connectivity index (χ3n) is 5.07. The van der Waals surface area contributed by atoms with Crippen LogP contribution in [0.4, 0.5) is 17.3 Å². The van der Waals surface area contributed by atoms with Crippen molar-refractivity contribution < 1.29 is 4.74 Å². The Hall–Kier alpha value is -2.64. The maximum Gasteiger partial charge on any atom is 0.252 e. The number of ether oxygens (including phenoxy) is 1. The molecule has 1 aliphatic heterocycles. The summed E-state index contributed by atoms with van der Waals surface area (Å²) >= 11 is 6.52. The van der Waals surface area contributed by atoms with Crippen molar-refractivity contribution in [2.24, 2.45) is 0 Å². The van der Waals surface area contributed by atoms with Gasteiger partial charge in [-0.2, -0.15) is 4.98 Å². The van der Waals surface area contributed by atoms with E-state index < -0.39 is 0 Å². The minimum atomic E-state index is -0.0624. The molecule has 8 heteroatoms. The number of hydrogen-bond donors (Lipinski definition) is 1. The number of nitrogens with zero attached hydrogens (tertiary/aromatic N) is 4. The molecule has 1 aliphatic rings. The van der Waals surface area contributed by atoms with E-state index in [4.69, 9.17) is 16.3 Å². The predicted molar refractivity (Wildman–Crippen MR) is 117 cm³/mol. The standard InChI is InChI=1S/C21H24ClN5O2/c1-13(2)27-19(28)10-14(3)16-12-23-21(25-20(16)27)24-15-4-5-18(17(22)11-15)26-6-8-29-9-7-26/h4-5,10-13H,6-9H2,1-3H3,(H,23,24,25). The zero-order chi connectivity index (χ0) is 20.5. The van der Waals surface area contributed by atoms with Crippen LogP contribution in [0.2, 0.25) is 5.02 Å². The maximum atomic E-state index is 12.4. The van der Waals surface area contributed by atoms with Crippen molar-refractivity contribution in [3.8, 4) is 0 Å². The molecule has 0 saturated carbocycles. The number of morpholine rings is 1. The third kappa shape index (κ3) is 3.93. The Labute approximate surface area is 174 Å². The summed E-state index contributed by atoms with van der Waals surface area (Å²) in [6.45, 7) is 8.90. The number of fused-ring (bicyclic) bond motifs is 1. The van der Waals surface area contributed by atoms with E-state index in [1.54, 1.807) is 16.8 Å². The van der Waals surface area contributed by atoms with E-state index in [-0.39, 0.29) is 11.6 Å². The first kappa shape index (κ1) is 19.7. The van der Waals surface area contributed by atoms with Crippen LogP contribution in [0.5, 0.6) is 0 Å². The lowest BCUT2D eigenvalue weighted by Gasteiger charge is -2.29. The highest BCUT2D eigenvalue weighted by atomic mass is 35.5. The van der Waals surface area contributed by atoms with Gasteiger partial charge in [-0.05, 0) is 44.5 Å². The van der Waals surface area contributed by atoms with Crippen molar-refractivity contribution in [3.63, 3.8) is 0 Å². The molecule has 3 aromatic rings. The van der Waals surface area contributed by atoms with Crippen LogP contribution in [0.25, 0.3) is 11.0 Å². The lowest BCUT2D eigenvalue weighted by Crippen LogP contribution is -2.36. The van der Waals surface area contributed by atoms with E-state index in [1.165, 1.54) is 0 Å². The van der Waals surface area contributed by atoms with Crippen molar-refractivity contribution in [1.29, 1.82) is 0 Å². The minimum absolute atomic E-state index is 0.00407. The molecule has 0 atom stereocenters. The smallest absolute Gasteiger partial charge is 0.252 e. The summed E-state index contributed by atoms with van der Waals surface area (Å²) < 4.78 is 7.09. The van der Waals surface area contributed by atoms with Crippen LogP contribution < -0.4 is 15.8 Å². The largest absolute Gasteiger partial charge is 0.378 e. The molecule has 0 amide bonds. The molecule has 1 saturated heterocycles. The van der Waals surface area contributed by atoms with Gasteiger partial charge in [0.2, 0.25) is 5.95 Å². The van der Waals surface area contributed by atoms with Crippen molar-refractivity contribution in [3.05, 3.63) is 51.4 Å². The average Bonchev–Trinajstić information content (AvgIpc) is 2.68. The topological polar surface area (TPSA) is 72.3 Å². The van der Waals surface area contributed by atoms with Crippen LogP contribution in [0, 0.1) is 6.92 Å². The average molecular weight is 414 g/mol. The number of pyridine rings is 1. The van der Waals surface area contributed by atoms with Gasteiger partial charge in [-0.1, -0.05) is 11.6 Å². The lowest BCUT2D eigenvalue weighted by atomic mass is 10.2. The zero-order valence-corrected chi connectivity index (χ0v) is 17.5. The highest BCUT2D eigenvalue weighted by molar-refractivity contribution is 6.33. The molecule has 4 rings (SSSR count). The number of halogens is 1. The number of anilines is 3. The van der Waals surface area contributed by atoms with Crippen LogP contribution in [0.15, 0.2) is 35.3 Å². The van der Waals surface area contributed by atoms with E-state index in [9.17, 15) is 4.79 Å². The first-order valence-electron chi connectivity index (χ1n) is 9.72. The van der Waals surface area contributed by atoms with Gasteiger partial charge in [0.25, 0.3) is 5.56 Å². The van der Waals surface area contributed by atoms with Gasteiger partial charge in [-0.15, -0.1) is 0 Å². The Balaban J connectivity index is 1.66. The van der Waals surface area contributed by atoms with Crippen molar-refractivity contribution in [2.75, 3.05) is 36.5 Å². The zero-order valence-electron chi connectivity index (χ0n) is 16.8. The Morgan fingerprint density at radius 1 is 1.21 bits per heavy atom. The van der Waals surface area contributed by atoms with Crippen molar-refractivity contribution in [2.45, 2.75) is 26.8 Å². The number of aryl methyl sites for hydroxylation is 1. The first-order valence-corrected chi connectivity index (χ1v) is 10.1. The maximum absolute atomic E-state index is 12.4. The normalized spacial score (nSPS) is 14.6. The Morgan fingerprint density at radius 3 is 2.66 bits per heavy atom. The third-order valence-corrected chi connectivity index (χ3v) is 5.37. The molecule has 2 aromatic heterocycles. The van der Waals surface area contributed by atoms with Crippen LogP contribution in [-0.4, -0.2) is 40.8 Å². The molecule has 29 heavy (non-hydrogen) atoms. The summed E-state index contributed by atoms with van der Waals surface area (Å²) in [4.78, 5) is 23.7. The fourth-order valence-corrected chi connectivity index (χ4v) is 3.91. The molecule has 0 bridgehead atoms. The summed E-state index contributed by atoms with van der Waals surface area (Å²) in [5.74, 6) is 0.423. The van der Waals surface area contributed by atoms with Crippen LogP contribution in [-0.2, 0) is 4.74 Å². The lowest BCUT2D eigenvalue weighted by molar-refractivity contribution is 0.122. The summed E-state index contributed by atoms with van der Waals surface area (Å²) in [6, 6.07) is 7.44. The molecular formula is C21H24ClN5O2. The molecule has 0 radical (unpaired) electrons. The van der Waals surface area contributed by atoms with Crippen LogP contribution in [0.1, 0.15) is 25.5 Å². The Morgan fingerprint density at radius 2 is 1.97 bits per heavy atom. The molecule has 7 nitrogen and oxygen atoms in total. The molecule has 0 unspecified atom stereocenters. The van der Waals surface area contributed by atoms with Gasteiger partial charge < -0.3 is 15.0 Å². The van der Waals surface area contributed by atoms with Gasteiger partial charge in [0.1, 0.15) is 5.65 Å². The van der Waals surface area contributed by atoms with Crippen LogP contribution in [0.3, 0.4) is 0 Å². The van der Waals surface area contributed by atoms with Gasteiger partial charge >= 0.3 is 0 Å². The van der Waals surface area contributed by atoms with Gasteiger partial charge in [0.05, 0.1) is 23.9 Å². The number of benzene rings is 1. The number of nitrogens with one attached hydrogen (secondary N) is 1. The molecule has 1 N–H and O–H groups in total. The SMILES string of the molecule is Cc1cc(=O)n(C(C)C)c2nc(Nc3ccc(N4CCOCC4)c(Cl)c3)ncc12. The second kappa shape index (κ2) is 8.00. The molecule has 1 fully saturated rings. The minimum Gasteiger partial charge on any atom is -0.378 e. The van der Waals surface area contributed by atoms with Crippen molar-refractivity contribution in [1.82, 2.24) is 14.5 Å². The van der Waals surface area contributed by atoms with Gasteiger partial charge in [-0.3, -0.25) is 9.36 Å². The van der Waals surface area contributed by atoms with Gasteiger partial charge in [0.15, 0.2) is 0 Å². The van der Waals surface area contributed by atoms with Gasteiger partial charge in [0, 0.05) is 42.5 Å². The molecule has 0 aliphatic carbocycles. The van der Waals surface area contributed by atoms with E-state index in [0.717, 1.165) is 35.4 Å². The molecular weight excluding hydrogens is 390 g/mol. The van der Waals surface area contributed by atoms with Gasteiger partial charge in [-0.25, -0.2) is 4.98 Å². The fourth-order valence-electron chi connectivity index (χ4n) is 3.61. The molecule has 3 heterocycles. The quantitative estimate of drug-likeness (QED) is 0.699. The molecule has 152 valence electrons. The highest BCUT2D eigenvalue weighted by Gasteiger charge is 2.15. The first-order chi connectivity index (χ1) is 13.9. The predicted octanol–water partition coefficient (Wildman–Crippen LogP) is 3.91. The number of rotatable bonds is 4.